The fourth-order valence-electron chi connectivity index (χ4n) is 2.36. The van der Waals surface area contributed by atoms with E-state index in [2.05, 4.69) is 15.9 Å². The molecule has 4 nitrogen and oxygen atoms in total. The first-order valence-corrected chi connectivity index (χ1v) is 7.50. The molecule has 0 unspecified atom stereocenters. The van der Waals surface area contributed by atoms with Crippen LogP contribution in [-0.4, -0.2) is 34.3 Å². The molecule has 110 valence electrons. The molecule has 1 amide bonds. The third-order valence-corrected chi connectivity index (χ3v) is 3.73. The van der Waals surface area contributed by atoms with Crippen LogP contribution in [0.5, 0.6) is 0 Å². The topological polar surface area (TPSA) is 49.8 Å². The molecule has 0 saturated carbocycles. The maximum atomic E-state index is 12.2. The van der Waals surface area contributed by atoms with Gasteiger partial charge in [-0.15, -0.1) is 0 Å². The predicted octanol–water partition coefficient (Wildman–Crippen LogP) is 3.49. The van der Waals surface area contributed by atoms with Crippen molar-refractivity contribution >= 4 is 22.0 Å². The number of nitrogens with zero attached hydrogens (tertiary/aromatic N) is 1. The highest BCUT2D eigenvalue weighted by Gasteiger charge is 2.39. The lowest BCUT2D eigenvalue weighted by atomic mass is 10.0. The van der Waals surface area contributed by atoms with Gasteiger partial charge in [-0.2, -0.15) is 0 Å². The number of amides is 1. The molecule has 0 radical (unpaired) electrons. The number of carbonyl (C=O) groups excluding carboxylic acids is 1. The second-order valence-electron chi connectivity index (χ2n) is 6.03. The molecule has 1 aromatic carbocycles. The highest BCUT2D eigenvalue weighted by Crippen LogP contribution is 2.34. The van der Waals surface area contributed by atoms with E-state index >= 15 is 0 Å². The molecule has 1 aromatic rings. The second-order valence-corrected chi connectivity index (χ2v) is 6.94. The average Bonchev–Trinajstić information content (AvgIpc) is 2.70. The van der Waals surface area contributed by atoms with E-state index < -0.39 is 11.7 Å². The molecule has 1 N–H and O–H groups in total. The molecule has 1 saturated heterocycles. The monoisotopic (exact) mass is 341 g/mol. The van der Waals surface area contributed by atoms with Crippen LogP contribution in [0.25, 0.3) is 0 Å². The summed E-state index contributed by atoms with van der Waals surface area (Å²) in [4.78, 5) is 13.9. The molecular weight excluding hydrogens is 322 g/mol. The van der Waals surface area contributed by atoms with E-state index in [0.717, 1.165) is 10.0 Å². The fourth-order valence-corrected chi connectivity index (χ4v) is 2.63. The van der Waals surface area contributed by atoms with Crippen LogP contribution in [0.15, 0.2) is 28.7 Å². The van der Waals surface area contributed by atoms with Gasteiger partial charge in [0.1, 0.15) is 5.60 Å². The Labute approximate surface area is 127 Å². The van der Waals surface area contributed by atoms with Crippen molar-refractivity contribution in [1.29, 1.82) is 0 Å². The summed E-state index contributed by atoms with van der Waals surface area (Å²) >= 11 is 3.39. The lowest BCUT2D eigenvalue weighted by molar-refractivity contribution is 0.0152. The number of likely N-dealkylation sites (tertiary alicyclic amines) is 1. The summed E-state index contributed by atoms with van der Waals surface area (Å²) in [5.74, 6) is 0. The summed E-state index contributed by atoms with van der Waals surface area (Å²) in [6, 6.07) is 7.32. The number of halogens is 1. The summed E-state index contributed by atoms with van der Waals surface area (Å²) in [6.45, 7) is 6.03. The van der Waals surface area contributed by atoms with Gasteiger partial charge in [-0.05, 0) is 44.9 Å². The SMILES string of the molecule is CC(C)(C)OC(=O)N1CC[C@@H](O)[C@H]1c1ccc(Br)cc1. The Bertz CT molecular complexity index is 481. The zero-order chi connectivity index (χ0) is 14.9. The first-order chi connectivity index (χ1) is 9.28. The molecular formula is C15H20BrNO3. The number of ether oxygens (including phenoxy) is 1. The Kier molecular flexibility index (Phi) is 4.39. The first kappa shape index (κ1) is 15.3. The summed E-state index contributed by atoms with van der Waals surface area (Å²) in [5.41, 5.74) is 0.388. The molecule has 0 bridgehead atoms. The summed E-state index contributed by atoms with van der Waals surface area (Å²) in [7, 11) is 0. The van der Waals surface area contributed by atoms with Crippen LogP contribution < -0.4 is 0 Å². The predicted molar refractivity (Wildman–Crippen MR) is 80.4 cm³/mol. The van der Waals surface area contributed by atoms with Crippen molar-refractivity contribution in [1.82, 2.24) is 4.90 Å². The van der Waals surface area contributed by atoms with E-state index in [0.29, 0.717) is 13.0 Å². The quantitative estimate of drug-likeness (QED) is 0.850. The maximum Gasteiger partial charge on any atom is 0.410 e. The molecule has 1 aliphatic heterocycles. The highest BCUT2D eigenvalue weighted by atomic mass is 79.9. The number of carbonyl (C=O) groups is 1. The van der Waals surface area contributed by atoms with Crippen molar-refractivity contribution in [3.63, 3.8) is 0 Å². The molecule has 20 heavy (non-hydrogen) atoms. The minimum absolute atomic E-state index is 0.335. The fraction of sp³-hybridized carbons (Fsp3) is 0.533. The normalized spacial score (nSPS) is 22.9. The van der Waals surface area contributed by atoms with Gasteiger partial charge in [-0.25, -0.2) is 4.79 Å². The Balaban J connectivity index is 2.20. The molecule has 2 atom stereocenters. The molecule has 1 aliphatic rings. The van der Waals surface area contributed by atoms with Crippen LogP contribution in [0.4, 0.5) is 4.79 Å². The van der Waals surface area contributed by atoms with Crippen LogP contribution in [0, 0.1) is 0 Å². The summed E-state index contributed by atoms with van der Waals surface area (Å²) in [6.07, 6.45) is -0.356. The Morgan fingerprint density at radius 2 is 1.95 bits per heavy atom. The van der Waals surface area contributed by atoms with Crippen molar-refractivity contribution in [3.8, 4) is 0 Å². The molecule has 2 rings (SSSR count). The van der Waals surface area contributed by atoms with Gasteiger partial charge in [0.2, 0.25) is 0 Å². The smallest absolute Gasteiger partial charge is 0.410 e. The molecule has 5 heteroatoms. The first-order valence-electron chi connectivity index (χ1n) is 6.71. The van der Waals surface area contributed by atoms with E-state index in [4.69, 9.17) is 4.74 Å². The Morgan fingerprint density at radius 3 is 2.50 bits per heavy atom. The third kappa shape index (κ3) is 3.52. The van der Waals surface area contributed by atoms with Gasteiger partial charge in [-0.1, -0.05) is 28.1 Å². The van der Waals surface area contributed by atoms with Crippen molar-refractivity contribution in [2.75, 3.05) is 6.54 Å². The number of hydrogen-bond donors (Lipinski definition) is 1. The van der Waals surface area contributed by atoms with Gasteiger partial charge < -0.3 is 9.84 Å². The van der Waals surface area contributed by atoms with E-state index in [1.807, 2.05) is 45.0 Å². The van der Waals surface area contributed by atoms with Gasteiger partial charge >= 0.3 is 6.09 Å². The van der Waals surface area contributed by atoms with Gasteiger partial charge in [-0.3, -0.25) is 4.90 Å². The number of hydrogen-bond acceptors (Lipinski definition) is 3. The summed E-state index contributed by atoms with van der Waals surface area (Å²) < 4.78 is 6.38. The van der Waals surface area contributed by atoms with E-state index in [1.54, 1.807) is 4.90 Å². The Hall–Kier alpha value is -1.07. The second kappa shape index (κ2) is 5.74. The van der Waals surface area contributed by atoms with Crippen LogP contribution in [0.2, 0.25) is 0 Å². The van der Waals surface area contributed by atoms with Crippen LogP contribution in [0.3, 0.4) is 0 Å². The number of aliphatic hydroxyl groups excluding tert-OH is 1. The lowest BCUT2D eigenvalue weighted by Crippen LogP contribution is -2.38. The molecule has 0 aliphatic carbocycles. The Morgan fingerprint density at radius 1 is 1.35 bits per heavy atom. The number of benzene rings is 1. The van der Waals surface area contributed by atoms with Crippen LogP contribution in [-0.2, 0) is 4.74 Å². The zero-order valence-corrected chi connectivity index (χ0v) is 13.6. The van der Waals surface area contributed by atoms with Gasteiger partial charge in [0.05, 0.1) is 12.1 Å². The molecule has 1 heterocycles. The highest BCUT2D eigenvalue weighted by molar-refractivity contribution is 9.10. The third-order valence-electron chi connectivity index (χ3n) is 3.21. The molecule has 0 spiro atoms. The van der Waals surface area contributed by atoms with E-state index in [-0.39, 0.29) is 12.1 Å². The standard InChI is InChI=1S/C15H20BrNO3/c1-15(2,3)20-14(19)17-9-8-12(18)13(17)10-4-6-11(16)7-5-10/h4-7,12-13,18H,8-9H2,1-3H3/t12-,13-/m1/s1. The lowest BCUT2D eigenvalue weighted by Gasteiger charge is -2.29. The minimum atomic E-state index is -0.552. The summed E-state index contributed by atoms with van der Waals surface area (Å²) in [5, 5.41) is 10.2. The van der Waals surface area contributed by atoms with Crippen LogP contribution in [0.1, 0.15) is 38.8 Å². The van der Waals surface area contributed by atoms with Gasteiger partial charge in [0.25, 0.3) is 0 Å². The van der Waals surface area contributed by atoms with Crippen LogP contribution >= 0.6 is 15.9 Å². The maximum absolute atomic E-state index is 12.2. The zero-order valence-electron chi connectivity index (χ0n) is 12.0. The van der Waals surface area contributed by atoms with Crippen molar-refractivity contribution in [2.45, 2.75) is 44.9 Å². The molecule has 0 aromatic heterocycles. The van der Waals surface area contributed by atoms with E-state index in [1.165, 1.54) is 0 Å². The van der Waals surface area contributed by atoms with Gasteiger partial charge in [0.15, 0.2) is 0 Å². The van der Waals surface area contributed by atoms with Crippen molar-refractivity contribution in [2.24, 2.45) is 0 Å². The molecule has 1 fully saturated rings. The largest absolute Gasteiger partial charge is 0.444 e. The van der Waals surface area contributed by atoms with Crippen molar-refractivity contribution < 1.29 is 14.6 Å². The minimum Gasteiger partial charge on any atom is -0.444 e. The van der Waals surface area contributed by atoms with Crippen molar-refractivity contribution in [3.05, 3.63) is 34.3 Å². The van der Waals surface area contributed by atoms with E-state index in [9.17, 15) is 9.90 Å². The van der Waals surface area contributed by atoms with Gasteiger partial charge in [0, 0.05) is 11.0 Å². The average molecular weight is 342 g/mol. The number of rotatable bonds is 1. The number of aliphatic hydroxyl groups is 1.